The van der Waals surface area contributed by atoms with Gasteiger partial charge in [-0.3, -0.25) is 4.68 Å². The third-order valence-electron chi connectivity index (χ3n) is 2.38. The summed E-state index contributed by atoms with van der Waals surface area (Å²) >= 11 is 5.04. The number of nitrogens with zero attached hydrogens (tertiary/aromatic N) is 4. The summed E-state index contributed by atoms with van der Waals surface area (Å²) in [5.74, 6) is 0.804. The van der Waals surface area contributed by atoms with Gasteiger partial charge in [0.15, 0.2) is 5.82 Å². The van der Waals surface area contributed by atoms with Crippen molar-refractivity contribution in [3.8, 4) is 5.82 Å². The molecule has 2 aromatic rings. The number of nitrogens with two attached hydrogens (primary N) is 1. The molecule has 5 nitrogen and oxygen atoms in total. The summed E-state index contributed by atoms with van der Waals surface area (Å²) in [5, 5.41) is 8.65. The monoisotopic (exact) mass is 235 g/mol. The second kappa shape index (κ2) is 3.71. The minimum Gasteiger partial charge on any atom is -0.389 e. The van der Waals surface area contributed by atoms with Gasteiger partial charge < -0.3 is 5.73 Å². The molecule has 2 N–H and O–H groups in total. The van der Waals surface area contributed by atoms with E-state index in [0.717, 1.165) is 22.8 Å². The van der Waals surface area contributed by atoms with Crippen molar-refractivity contribution in [2.75, 3.05) is 0 Å². The van der Waals surface area contributed by atoms with Crippen molar-refractivity contribution < 1.29 is 0 Å². The molecule has 0 amide bonds. The van der Waals surface area contributed by atoms with E-state index in [4.69, 9.17) is 18.0 Å². The molecule has 0 radical (unpaired) electrons. The van der Waals surface area contributed by atoms with Gasteiger partial charge in [-0.25, -0.2) is 4.68 Å². The average Bonchev–Trinajstić information content (AvgIpc) is 2.69. The Morgan fingerprint density at radius 3 is 2.56 bits per heavy atom. The Morgan fingerprint density at radius 2 is 2.06 bits per heavy atom. The first-order valence-electron chi connectivity index (χ1n) is 4.86. The Hall–Kier alpha value is -1.69. The molecule has 0 saturated heterocycles. The van der Waals surface area contributed by atoms with Crippen molar-refractivity contribution in [1.29, 1.82) is 0 Å². The third-order valence-corrected chi connectivity index (χ3v) is 2.58. The summed E-state index contributed by atoms with van der Waals surface area (Å²) in [6.07, 6.45) is 1.87. The highest BCUT2D eigenvalue weighted by Crippen LogP contribution is 2.17. The van der Waals surface area contributed by atoms with Crippen LogP contribution in [-0.4, -0.2) is 24.5 Å². The maximum atomic E-state index is 5.71. The number of thiocarbonyl (C=S) groups is 1. The Balaban J connectivity index is 2.68. The second-order valence-electron chi connectivity index (χ2n) is 3.67. The lowest BCUT2D eigenvalue weighted by molar-refractivity contribution is 0.691. The molecule has 0 unspecified atom stereocenters. The first-order valence-corrected chi connectivity index (χ1v) is 5.27. The van der Waals surface area contributed by atoms with Gasteiger partial charge in [-0.05, 0) is 19.9 Å². The molecule has 0 bridgehead atoms. The highest BCUT2D eigenvalue weighted by atomic mass is 32.1. The van der Waals surface area contributed by atoms with Crippen LogP contribution in [0.2, 0.25) is 0 Å². The van der Waals surface area contributed by atoms with Crippen LogP contribution < -0.4 is 5.73 Å². The van der Waals surface area contributed by atoms with Crippen LogP contribution >= 0.6 is 12.2 Å². The molecule has 2 rings (SSSR count). The fourth-order valence-electron chi connectivity index (χ4n) is 1.73. The van der Waals surface area contributed by atoms with E-state index < -0.39 is 0 Å². The zero-order valence-corrected chi connectivity index (χ0v) is 10.2. The van der Waals surface area contributed by atoms with Crippen LogP contribution in [0.4, 0.5) is 0 Å². The number of hydrogen-bond donors (Lipinski definition) is 1. The van der Waals surface area contributed by atoms with Crippen molar-refractivity contribution in [3.63, 3.8) is 0 Å². The largest absolute Gasteiger partial charge is 0.389 e. The summed E-state index contributed by atoms with van der Waals surface area (Å²) < 4.78 is 3.47. The molecule has 0 spiro atoms. The molecule has 16 heavy (non-hydrogen) atoms. The summed E-state index contributed by atoms with van der Waals surface area (Å²) in [5.41, 5.74) is 8.24. The molecule has 0 atom stereocenters. The van der Waals surface area contributed by atoms with Crippen molar-refractivity contribution in [1.82, 2.24) is 19.6 Å². The fourth-order valence-corrected chi connectivity index (χ4v) is 1.97. The molecule has 2 aromatic heterocycles. The van der Waals surface area contributed by atoms with Crippen LogP contribution in [0, 0.1) is 13.8 Å². The summed E-state index contributed by atoms with van der Waals surface area (Å²) in [6, 6.07) is 1.92. The minimum atomic E-state index is 0.341. The van der Waals surface area contributed by atoms with Crippen LogP contribution in [-0.2, 0) is 7.05 Å². The molecular weight excluding hydrogens is 222 g/mol. The highest BCUT2D eigenvalue weighted by molar-refractivity contribution is 7.80. The van der Waals surface area contributed by atoms with E-state index in [-0.39, 0.29) is 0 Å². The van der Waals surface area contributed by atoms with E-state index in [1.54, 1.807) is 9.36 Å². The van der Waals surface area contributed by atoms with Crippen LogP contribution in [0.5, 0.6) is 0 Å². The Morgan fingerprint density at radius 1 is 1.38 bits per heavy atom. The predicted molar refractivity (Wildman–Crippen MR) is 65.7 cm³/mol. The van der Waals surface area contributed by atoms with Crippen LogP contribution in [0.1, 0.15) is 17.0 Å². The number of hydrogen-bond acceptors (Lipinski definition) is 3. The van der Waals surface area contributed by atoms with Crippen LogP contribution in [0.3, 0.4) is 0 Å². The molecule has 0 aromatic carbocycles. The second-order valence-corrected chi connectivity index (χ2v) is 4.11. The first-order chi connectivity index (χ1) is 7.50. The molecule has 0 aliphatic carbocycles. The Kier molecular flexibility index (Phi) is 2.51. The van der Waals surface area contributed by atoms with E-state index in [0.29, 0.717) is 4.99 Å². The van der Waals surface area contributed by atoms with Crippen molar-refractivity contribution in [2.45, 2.75) is 13.8 Å². The minimum absolute atomic E-state index is 0.341. The summed E-state index contributed by atoms with van der Waals surface area (Å²) in [6.45, 7) is 3.81. The van der Waals surface area contributed by atoms with Crippen molar-refractivity contribution in [3.05, 3.63) is 29.2 Å². The smallest absolute Gasteiger partial charge is 0.162 e. The summed E-state index contributed by atoms with van der Waals surface area (Å²) in [7, 11) is 1.85. The maximum Gasteiger partial charge on any atom is 0.162 e. The lowest BCUT2D eigenvalue weighted by Gasteiger charge is -2.04. The first kappa shape index (κ1) is 10.8. The van der Waals surface area contributed by atoms with E-state index in [9.17, 15) is 0 Å². The molecule has 0 aliphatic heterocycles. The van der Waals surface area contributed by atoms with Crippen LogP contribution in [0.25, 0.3) is 5.82 Å². The molecule has 84 valence electrons. The van der Waals surface area contributed by atoms with Gasteiger partial charge in [-0.15, -0.1) is 0 Å². The van der Waals surface area contributed by atoms with E-state index in [1.807, 2.05) is 33.2 Å². The molecule has 0 saturated carbocycles. The maximum absolute atomic E-state index is 5.71. The van der Waals surface area contributed by atoms with Gasteiger partial charge >= 0.3 is 0 Å². The molecule has 0 aliphatic rings. The standard InChI is InChI=1S/C10H13N5S/c1-6-4-5-15(12-6)10-8(9(11)16)7(2)13-14(10)3/h4-5H,1-3H3,(H2,11,16). The fraction of sp³-hybridized carbons (Fsp3) is 0.300. The normalized spacial score (nSPS) is 10.7. The molecule has 6 heteroatoms. The van der Waals surface area contributed by atoms with Crippen molar-refractivity contribution in [2.24, 2.45) is 12.8 Å². The van der Waals surface area contributed by atoms with Gasteiger partial charge in [0.05, 0.1) is 17.0 Å². The van der Waals surface area contributed by atoms with Gasteiger partial charge in [0.1, 0.15) is 4.99 Å². The zero-order valence-electron chi connectivity index (χ0n) is 9.43. The topological polar surface area (TPSA) is 61.7 Å². The third kappa shape index (κ3) is 1.61. The Bertz CT molecular complexity index is 552. The SMILES string of the molecule is Cc1ccn(-c2c(C(N)=S)c(C)nn2C)n1. The Labute approximate surface area is 98.9 Å². The van der Waals surface area contributed by atoms with E-state index >= 15 is 0 Å². The van der Waals surface area contributed by atoms with Gasteiger partial charge in [0, 0.05) is 13.2 Å². The quantitative estimate of drug-likeness (QED) is 0.784. The van der Waals surface area contributed by atoms with E-state index in [1.165, 1.54) is 0 Å². The van der Waals surface area contributed by atoms with Gasteiger partial charge in [0.2, 0.25) is 0 Å². The molecular formula is C10H13N5S. The summed E-state index contributed by atoms with van der Waals surface area (Å²) in [4.78, 5) is 0.341. The highest BCUT2D eigenvalue weighted by Gasteiger charge is 2.17. The zero-order chi connectivity index (χ0) is 11.9. The lowest BCUT2D eigenvalue weighted by Crippen LogP contribution is -2.15. The number of rotatable bonds is 2. The average molecular weight is 235 g/mol. The molecule has 0 fully saturated rings. The van der Waals surface area contributed by atoms with Gasteiger partial charge in [0.25, 0.3) is 0 Å². The van der Waals surface area contributed by atoms with E-state index in [2.05, 4.69) is 10.2 Å². The molecule has 2 heterocycles. The van der Waals surface area contributed by atoms with Gasteiger partial charge in [-0.1, -0.05) is 12.2 Å². The van der Waals surface area contributed by atoms with Gasteiger partial charge in [-0.2, -0.15) is 10.2 Å². The van der Waals surface area contributed by atoms with Crippen LogP contribution in [0.15, 0.2) is 12.3 Å². The lowest BCUT2D eigenvalue weighted by atomic mass is 10.2. The van der Waals surface area contributed by atoms with Crippen molar-refractivity contribution >= 4 is 17.2 Å². The predicted octanol–water partition coefficient (Wildman–Crippen LogP) is 0.857. The number of aromatic nitrogens is 4. The number of aryl methyl sites for hydroxylation is 3.